The normalized spacial score (nSPS) is 10.9. The Morgan fingerprint density at radius 3 is 1.26 bits per heavy atom. The van der Waals surface area contributed by atoms with Gasteiger partial charge in [-0.2, -0.15) is 0 Å². The second-order valence-electron chi connectivity index (χ2n) is 7.60. The van der Waals surface area contributed by atoms with Crippen LogP contribution in [0.15, 0.2) is 91.0 Å². The minimum atomic E-state index is -3.45. The summed E-state index contributed by atoms with van der Waals surface area (Å²) in [6.45, 7) is 6.76. The topological polar surface area (TPSA) is 0 Å². The number of hydrogen-bond donors (Lipinski definition) is 0. The van der Waals surface area contributed by atoms with Gasteiger partial charge in [0, 0.05) is 0 Å². The van der Waals surface area contributed by atoms with E-state index in [2.05, 4.69) is 132 Å². The van der Waals surface area contributed by atoms with Crippen LogP contribution in [0.3, 0.4) is 0 Å². The summed E-state index contributed by atoms with van der Waals surface area (Å²) < 4.78 is 7.86. The zero-order chi connectivity index (χ0) is 19.2. The van der Waals surface area contributed by atoms with Crippen LogP contribution in [0.25, 0.3) is 0 Å². The van der Waals surface area contributed by atoms with Gasteiger partial charge in [-0.15, -0.1) is 0 Å². The Morgan fingerprint density at radius 2 is 0.926 bits per heavy atom. The van der Waals surface area contributed by atoms with Crippen molar-refractivity contribution in [1.82, 2.24) is 0 Å². The van der Waals surface area contributed by atoms with E-state index in [0.29, 0.717) is 0 Å². The van der Waals surface area contributed by atoms with Gasteiger partial charge in [0.25, 0.3) is 0 Å². The molecular formula is C25H24SiSn. The molecule has 0 aliphatic carbocycles. The van der Waals surface area contributed by atoms with Gasteiger partial charge in [-0.05, 0) is 0 Å². The summed E-state index contributed by atoms with van der Waals surface area (Å²) >= 11 is -3.45. The molecule has 0 aliphatic heterocycles. The average molecular weight is 471 g/mol. The molecule has 0 amide bonds. The Kier molecular flexibility index (Phi) is 6.27. The molecule has 0 aliphatic rings. The molecule has 0 radical (unpaired) electrons. The van der Waals surface area contributed by atoms with Crippen LogP contribution in [0.1, 0.15) is 0 Å². The molecule has 0 nitrogen and oxygen atoms in total. The first-order valence-corrected chi connectivity index (χ1v) is 18.4. The summed E-state index contributed by atoms with van der Waals surface area (Å²) in [5.74, 6) is 6.49. The Hall–Kier alpha value is -2.20. The molecule has 0 unspecified atom stereocenters. The van der Waals surface area contributed by atoms with Gasteiger partial charge < -0.3 is 0 Å². The van der Waals surface area contributed by atoms with Gasteiger partial charge in [0.05, 0.1) is 0 Å². The van der Waals surface area contributed by atoms with Gasteiger partial charge >= 0.3 is 169 Å². The average Bonchev–Trinajstić information content (AvgIpc) is 2.70. The SMILES string of the molecule is C[Si](C)(C)C#CC#[C][Sn]([c]1ccccc1)([c]1ccccc1)[c]1ccccc1. The van der Waals surface area contributed by atoms with Crippen molar-refractivity contribution in [3.8, 4) is 21.3 Å². The van der Waals surface area contributed by atoms with Gasteiger partial charge in [0.2, 0.25) is 0 Å². The molecule has 0 heterocycles. The summed E-state index contributed by atoms with van der Waals surface area (Å²) in [5.41, 5.74) is 3.40. The van der Waals surface area contributed by atoms with Crippen LogP contribution in [-0.4, -0.2) is 26.5 Å². The fourth-order valence-corrected chi connectivity index (χ4v) is 14.3. The summed E-state index contributed by atoms with van der Waals surface area (Å²) in [7, 11) is -1.43. The maximum absolute atomic E-state index is 3.76. The molecule has 2 heteroatoms. The van der Waals surface area contributed by atoms with Gasteiger partial charge in [-0.25, -0.2) is 0 Å². The zero-order valence-electron chi connectivity index (χ0n) is 16.2. The van der Waals surface area contributed by atoms with Crippen molar-refractivity contribution in [2.45, 2.75) is 19.6 Å². The van der Waals surface area contributed by atoms with E-state index in [1.54, 1.807) is 0 Å². The zero-order valence-corrected chi connectivity index (χ0v) is 20.0. The molecule has 3 aromatic carbocycles. The Morgan fingerprint density at radius 1 is 0.556 bits per heavy atom. The van der Waals surface area contributed by atoms with Crippen molar-refractivity contribution in [2.75, 3.05) is 0 Å². The molecular weight excluding hydrogens is 447 g/mol. The number of rotatable bonds is 3. The quantitative estimate of drug-likeness (QED) is 0.405. The van der Waals surface area contributed by atoms with E-state index in [-0.39, 0.29) is 0 Å². The van der Waals surface area contributed by atoms with Crippen molar-refractivity contribution < 1.29 is 0 Å². The third kappa shape index (κ3) is 4.75. The minimum absolute atomic E-state index is 1.37. The van der Waals surface area contributed by atoms with Crippen LogP contribution >= 0.6 is 0 Å². The van der Waals surface area contributed by atoms with Crippen LogP contribution in [-0.2, 0) is 0 Å². The number of benzene rings is 3. The molecule has 0 atom stereocenters. The monoisotopic (exact) mass is 472 g/mol. The summed E-state index contributed by atoms with van der Waals surface area (Å²) in [4.78, 5) is 0. The fraction of sp³-hybridized carbons (Fsp3) is 0.120. The molecule has 0 fully saturated rings. The summed E-state index contributed by atoms with van der Waals surface area (Å²) in [6, 6.07) is 32.5. The molecule has 0 N–H and O–H groups in total. The van der Waals surface area contributed by atoms with Crippen molar-refractivity contribution in [1.29, 1.82) is 0 Å². The Bertz CT molecular complexity index is 899. The van der Waals surface area contributed by atoms with Gasteiger partial charge in [0.1, 0.15) is 0 Å². The first kappa shape index (κ1) is 19.6. The second kappa shape index (κ2) is 8.66. The first-order chi connectivity index (χ1) is 13.0. The van der Waals surface area contributed by atoms with E-state index in [1.165, 1.54) is 10.7 Å². The van der Waals surface area contributed by atoms with Crippen LogP contribution in [0.5, 0.6) is 0 Å². The standard InChI is InChI=1S/C7H9Si.3C6H5.Sn/c1-5-6-7-8(2,3)4;3*1-2-4-6-5-3-1;/h2-4H3;3*1-5H;. The third-order valence-electron chi connectivity index (χ3n) is 4.37. The van der Waals surface area contributed by atoms with E-state index in [9.17, 15) is 0 Å². The van der Waals surface area contributed by atoms with E-state index < -0.39 is 26.5 Å². The van der Waals surface area contributed by atoms with E-state index in [1.807, 2.05) is 0 Å². The molecule has 0 saturated heterocycles. The van der Waals surface area contributed by atoms with E-state index >= 15 is 0 Å². The van der Waals surface area contributed by atoms with Gasteiger partial charge in [-0.1, -0.05) is 0 Å². The van der Waals surface area contributed by atoms with E-state index in [4.69, 9.17) is 0 Å². The number of hydrogen-bond acceptors (Lipinski definition) is 0. The van der Waals surface area contributed by atoms with Crippen LogP contribution in [0, 0.1) is 21.3 Å². The Balaban J connectivity index is 2.30. The molecule has 27 heavy (non-hydrogen) atoms. The van der Waals surface area contributed by atoms with Gasteiger partial charge in [-0.3, -0.25) is 0 Å². The molecule has 132 valence electrons. The first-order valence-electron chi connectivity index (χ1n) is 9.23. The van der Waals surface area contributed by atoms with Crippen LogP contribution < -0.4 is 10.7 Å². The maximum atomic E-state index is 3.76. The summed E-state index contributed by atoms with van der Waals surface area (Å²) in [5, 5.41) is 0. The summed E-state index contributed by atoms with van der Waals surface area (Å²) in [6.07, 6.45) is 0. The van der Waals surface area contributed by atoms with Crippen molar-refractivity contribution in [3.05, 3.63) is 91.0 Å². The third-order valence-corrected chi connectivity index (χ3v) is 16.9. The van der Waals surface area contributed by atoms with E-state index in [0.717, 1.165) is 0 Å². The molecule has 0 bridgehead atoms. The molecule has 0 saturated carbocycles. The van der Waals surface area contributed by atoms with Crippen molar-refractivity contribution in [2.24, 2.45) is 0 Å². The molecule has 3 rings (SSSR count). The fourth-order valence-electron chi connectivity index (χ4n) is 3.12. The predicted octanol–water partition coefficient (Wildman–Crippen LogP) is 3.58. The van der Waals surface area contributed by atoms with Crippen LogP contribution in [0.4, 0.5) is 0 Å². The van der Waals surface area contributed by atoms with Crippen LogP contribution in [0.2, 0.25) is 19.6 Å². The Labute approximate surface area is 168 Å². The second-order valence-corrected chi connectivity index (χ2v) is 22.3. The molecule has 0 spiro atoms. The molecule has 0 aromatic heterocycles. The molecule has 3 aromatic rings. The predicted molar refractivity (Wildman–Crippen MR) is 123 cm³/mol. The van der Waals surface area contributed by atoms with Crippen molar-refractivity contribution >= 4 is 37.2 Å². The van der Waals surface area contributed by atoms with Gasteiger partial charge in [0.15, 0.2) is 0 Å². The van der Waals surface area contributed by atoms with Crippen molar-refractivity contribution in [3.63, 3.8) is 0 Å².